The molecule has 146 valence electrons. The van der Waals surface area contributed by atoms with Gasteiger partial charge >= 0.3 is 18.1 Å². The first-order valence-corrected chi connectivity index (χ1v) is 8.21. The lowest BCUT2D eigenvalue weighted by Gasteiger charge is -2.22. The molecule has 1 saturated heterocycles. The van der Waals surface area contributed by atoms with Crippen molar-refractivity contribution in [2.45, 2.75) is 51.7 Å². The molecule has 2 rings (SSSR count). The van der Waals surface area contributed by atoms with Crippen LogP contribution in [0.4, 0.5) is 13.2 Å². The minimum absolute atomic E-state index is 0.0226. The normalized spacial score (nSPS) is 15.3. The average molecular weight is 375 g/mol. The number of hydrogen-bond donors (Lipinski definition) is 2. The predicted octanol–water partition coefficient (Wildman–Crippen LogP) is 3.91. The molecule has 0 bridgehead atoms. The summed E-state index contributed by atoms with van der Waals surface area (Å²) in [4.78, 5) is 22.5. The van der Waals surface area contributed by atoms with Gasteiger partial charge in [-0.3, -0.25) is 4.90 Å². The molecule has 1 aromatic carbocycles. The zero-order valence-electron chi connectivity index (χ0n) is 15.1. The first-order valence-electron chi connectivity index (χ1n) is 8.21. The van der Waals surface area contributed by atoms with Crippen molar-refractivity contribution in [3.05, 3.63) is 34.9 Å². The van der Waals surface area contributed by atoms with E-state index in [1.807, 2.05) is 6.07 Å². The summed E-state index contributed by atoms with van der Waals surface area (Å²) in [6, 6.07) is 5.77. The van der Waals surface area contributed by atoms with E-state index < -0.39 is 18.1 Å². The number of nitrogens with zero attached hydrogens (tertiary/aromatic N) is 1. The molecule has 0 radical (unpaired) electrons. The summed E-state index contributed by atoms with van der Waals surface area (Å²) >= 11 is 0. The maximum atomic E-state index is 11.3. The van der Waals surface area contributed by atoms with E-state index in [2.05, 4.69) is 31.7 Å². The fraction of sp³-hybridized carbons (Fsp3) is 0.556. The number of carboxylic acids is 2. The quantitative estimate of drug-likeness (QED) is 0.838. The lowest BCUT2D eigenvalue weighted by Crippen LogP contribution is -2.21. The van der Waals surface area contributed by atoms with Crippen LogP contribution >= 0.6 is 0 Å². The highest BCUT2D eigenvalue weighted by molar-refractivity contribution is 5.88. The first kappa shape index (κ1) is 22.0. The Kier molecular flexibility index (Phi) is 7.20. The summed E-state index contributed by atoms with van der Waals surface area (Å²) in [5.41, 5.74) is 2.60. The number of halogens is 3. The number of carbonyl (C=O) groups is 2. The monoisotopic (exact) mass is 375 g/mol. The molecular weight excluding hydrogens is 351 g/mol. The van der Waals surface area contributed by atoms with Crippen LogP contribution in [0.3, 0.4) is 0 Å². The van der Waals surface area contributed by atoms with Gasteiger partial charge in [-0.15, -0.1) is 0 Å². The Bertz CT molecular complexity index is 645. The van der Waals surface area contributed by atoms with E-state index in [4.69, 9.17) is 9.90 Å². The zero-order chi connectivity index (χ0) is 20.1. The number of likely N-dealkylation sites (tertiary alicyclic amines) is 1. The molecule has 1 aromatic rings. The Labute approximate surface area is 150 Å². The van der Waals surface area contributed by atoms with E-state index in [-0.39, 0.29) is 5.41 Å². The van der Waals surface area contributed by atoms with E-state index in [0.29, 0.717) is 5.56 Å². The Balaban J connectivity index is 0.000000412. The summed E-state index contributed by atoms with van der Waals surface area (Å²) in [6.07, 6.45) is -2.57. The molecule has 0 unspecified atom stereocenters. The van der Waals surface area contributed by atoms with Crippen molar-refractivity contribution in [2.75, 3.05) is 13.1 Å². The van der Waals surface area contributed by atoms with E-state index in [9.17, 15) is 23.1 Å². The van der Waals surface area contributed by atoms with Crippen LogP contribution in [0, 0.1) is 0 Å². The second-order valence-electron chi connectivity index (χ2n) is 7.26. The number of alkyl halides is 3. The molecule has 0 aromatic heterocycles. The lowest BCUT2D eigenvalue weighted by molar-refractivity contribution is -0.192. The maximum absolute atomic E-state index is 11.3. The smallest absolute Gasteiger partial charge is 0.478 e. The summed E-state index contributed by atoms with van der Waals surface area (Å²) in [6.45, 7) is 9.48. The molecule has 0 atom stereocenters. The predicted molar refractivity (Wildman–Crippen MR) is 90.3 cm³/mol. The highest BCUT2D eigenvalue weighted by Gasteiger charge is 2.38. The molecular formula is C18H24F3NO4. The van der Waals surface area contributed by atoms with Gasteiger partial charge in [0, 0.05) is 6.54 Å². The standard InChI is InChI=1S/C16H23NO2.C2HF3O2/c1-16(2,3)14-9-12(8-13(10-14)15(18)19)11-17-6-4-5-7-17;3-2(4,5)1(6)7/h8-10H,4-7,11H2,1-3H3,(H,18,19);(H,6,7). The van der Waals surface area contributed by atoms with Crippen molar-refractivity contribution < 1.29 is 33.0 Å². The van der Waals surface area contributed by atoms with Crippen molar-refractivity contribution in [1.29, 1.82) is 0 Å². The second-order valence-corrected chi connectivity index (χ2v) is 7.26. The molecule has 0 aliphatic carbocycles. The molecule has 8 heteroatoms. The van der Waals surface area contributed by atoms with E-state index in [0.717, 1.165) is 30.8 Å². The molecule has 0 saturated carbocycles. The summed E-state index contributed by atoms with van der Waals surface area (Å²) in [7, 11) is 0. The van der Waals surface area contributed by atoms with Gasteiger partial charge in [-0.25, -0.2) is 9.59 Å². The average Bonchev–Trinajstić information content (AvgIpc) is 2.98. The Morgan fingerprint density at radius 3 is 1.92 bits per heavy atom. The summed E-state index contributed by atoms with van der Waals surface area (Å²) < 4.78 is 31.7. The molecule has 5 nitrogen and oxygen atoms in total. The van der Waals surface area contributed by atoms with E-state index in [1.54, 1.807) is 6.07 Å². The zero-order valence-corrected chi connectivity index (χ0v) is 15.1. The third kappa shape index (κ3) is 7.03. The highest BCUT2D eigenvalue weighted by Crippen LogP contribution is 2.26. The fourth-order valence-electron chi connectivity index (χ4n) is 2.54. The van der Waals surface area contributed by atoms with Gasteiger partial charge in [-0.05, 0) is 54.6 Å². The van der Waals surface area contributed by atoms with Crippen LogP contribution in [-0.4, -0.2) is 46.3 Å². The van der Waals surface area contributed by atoms with Gasteiger partial charge in [0.15, 0.2) is 0 Å². The summed E-state index contributed by atoms with van der Waals surface area (Å²) in [5, 5.41) is 16.4. The van der Waals surface area contributed by atoms with Gasteiger partial charge in [0.1, 0.15) is 0 Å². The van der Waals surface area contributed by atoms with Crippen LogP contribution in [-0.2, 0) is 16.8 Å². The molecule has 1 aliphatic rings. The van der Waals surface area contributed by atoms with Crippen LogP contribution < -0.4 is 0 Å². The minimum Gasteiger partial charge on any atom is -0.478 e. The van der Waals surface area contributed by atoms with Crippen molar-refractivity contribution in [2.24, 2.45) is 0 Å². The van der Waals surface area contributed by atoms with Crippen molar-refractivity contribution in [1.82, 2.24) is 4.90 Å². The molecule has 1 fully saturated rings. The molecule has 26 heavy (non-hydrogen) atoms. The van der Waals surface area contributed by atoms with Crippen LogP contribution in [0.5, 0.6) is 0 Å². The first-order chi connectivity index (χ1) is 11.8. The minimum atomic E-state index is -5.08. The van der Waals surface area contributed by atoms with Crippen LogP contribution in [0.2, 0.25) is 0 Å². The molecule has 1 heterocycles. The van der Waals surface area contributed by atoms with E-state index >= 15 is 0 Å². The van der Waals surface area contributed by atoms with Crippen LogP contribution in [0.25, 0.3) is 0 Å². The molecule has 2 N–H and O–H groups in total. The van der Waals surface area contributed by atoms with Crippen molar-refractivity contribution in [3.8, 4) is 0 Å². The lowest BCUT2D eigenvalue weighted by atomic mass is 9.85. The number of aromatic carboxylic acids is 1. The van der Waals surface area contributed by atoms with Crippen LogP contribution in [0.15, 0.2) is 18.2 Å². The van der Waals surface area contributed by atoms with Crippen molar-refractivity contribution in [3.63, 3.8) is 0 Å². The number of carboxylic acid groups (broad SMARTS) is 2. The van der Waals surface area contributed by atoms with Gasteiger partial charge in [0.25, 0.3) is 0 Å². The molecule has 1 aliphatic heterocycles. The van der Waals surface area contributed by atoms with Crippen molar-refractivity contribution >= 4 is 11.9 Å². The Morgan fingerprint density at radius 2 is 1.54 bits per heavy atom. The largest absolute Gasteiger partial charge is 0.490 e. The number of hydrogen-bond acceptors (Lipinski definition) is 3. The van der Waals surface area contributed by atoms with Gasteiger partial charge in [0.05, 0.1) is 5.56 Å². The number of rotatable bonds is 3. The SMILES string of the molecule is CC(C)(C)c1cc(CN2CCCC2)cc(C(=O)O)c1.O=C(O)C(F)(F)F. The second kappa shape index (κ2) is 8.53. The Morgan fingerprint density at radius 1 is 1.04 bits per heavy atom. The third-order valence-electron chi connectivity index (χ3n) is 3.95. The maximum Gasteiger partial charge on any atom is 0.490 e. The molecule has 0 amide bonds. The highest BCUT2D eigenvalue weighted by atomic mass is 19.4. The van der Waals surface area contributed by atoms with Gasteiger partial charge < -0.3 is 10.2 Å². The van der Waals surface area contributed by atoms with Gasteiger partial charge in [-0.2, -0.15) is 13.2 Å². The Hall–Kier alpha value is -2.09. The third-order valence-corrected chi connectivity index (χ3v) is 3.95. The van der Waals surface area contributed by atoms with E-state index in [1.165, 1.54) is 12.8 Å². The topological polar surface area (TPSA) is 77.8 Å². The van der Waals surface area contributed by atoms with Gasteiger partial charge in [0.2, 0.25) is 0 Å². The molecule has 0 spiro atoms. The number of benzene rings is 1. The summed E-state index contributed by atoms with van der Waals surface area (Å²) in [5.74, 6) is -3.60. The van der Waals surface area contributed by atoms with Crippen LogP contribution in [0.1, 0.15) is 55.1 Å². The fourth-order valence-corrected chi connectivity index (χ4v) is 2.54. The van der Waals surface area contributed by atoms with Gasteiger partial charge in [-0.1, -0.05) is 26.8 Å². The number of aliphatic carboxylic acids is 1.